The Morgan fingerprint density at radius 3 is 1.41 bits per heavy atom. The zero-order valence-corrected chi connectivity index (χ0v) is 43.0. The van der Waals surface area contributed by atoms with Crippen LogP contribution in [0.15, 0.2) is 48.6 Å². The van der Waals surface area contributed by atoms with E-state index >= 15 is 0 Å². The standard InChI is InChI=1S/C55H96O15/c1-3-5-7-9-11-13-15-17-19-20-21-22-24-26-28-30-32-34-36-38-47(58)68-43(40-65-46(57)37-35-33-31-29-27-25-23-18-16-14-12-10-8-6-4-2)41-66-54-53(64)51(62)49(60)45(70-54)42-67-55-52(63)50(61)48(59)44(39-56)69-55/h6,8,10,12,14,16,18,23,43-45,48-56,59-64H,3-5,7,9,11,13,15,17,19-22,24-42H2,1-2H3/b8-6+,12-10+,16-14+,23-18+/t43-,44+,45+,48-,49-,50?,51?,52?,53?,54+,55+/m1/s1. The lowest BCUT2D eigenvalue weighted by molar-refractivity contribution is -0.332. The summed E-state index contributed by atoms with van der Waals surface area (Å²) in [4.78, 5) is 25.8. The van der Waals surface area contributed by atoms with Crippen molar-refractivity contribution in [3.63, 3.8) is 0 Å². The van der Waals surface area contributed by atoms with E-state index in [2.05, 4.69) is 26.0 Å². The Morgan fingerprint density at radius 1 is 0.471 bits per heavy atom. The van der Waals surface area contributed by atoms with E-state index in [1.165, 1.54) is 96.3 Å². The van der Waals surface area contributed by atoms with Crippen LogP contribution in [0.4, 0.5) is 0 Å². The van der Waals surface area contributed by atoms with Crippen molar-refractivity contribution in [1.82, 2.24) is 0 Å². The Kier molecular flexibility index (Phi) is 38.0. The van der Waals surface area contributed by atoms with E-state index in [1.807, 2.05) is 36.5 Å². The third kappa shape index (κ3) is 29.2. The number of hydrogen-bond acceptors (Lipinski definition) is 15. The predicted molar refractivity (Wildman–Crippen MR) is 270 cm³/mol. The zero-order valence-electron chi connectivity index (χ0n) is 43.0. The van der Waals surface area contributed by atoms with Crippen molar-refractivity contribution in [2.75, 3.05) is 26.4 Å². The smallest absolute Gasteiger partial charge is 0.306 e. The fraction of sp³-hybridized carbons (Fsp3) is 0.818. The van der Waals surface area contributed by atoms with E-state index in [9.17, 15) is 45.3 Å². The summed E-state index contributed by atoms with van der Waals surface area (Å²) in [7, 11) is 0. The molecule has 0 aromatic carbocycles. The Balaban J connectivity index is 1.78. The maximum atomic E-state index is 13.0. The summed E-state index contributed by atoms with van der Waals surface area (Å²) in [5.74, 6) is -0.947. The van der Waals surface area contributed by atoms with E-state index in [-0.39, 0.29) is 26.1 Å². The molecule has 0 aliphatic carbocycles. The maximum absolute atomic E-state index is 13.0. The number of aliphatic hydroxyl groups excluding tert-OH is 7. The van der Waals surface area contributed by atoms with Crippen LogP contribution in [0.3, 0.4) is 0 Å². The third-order valence-corrected chi connectivity index (χ3v) is 12.9. The molecule has 2 heterocycles. The maximum Gasteiger partial charge on any atom is 0.306 e. The van der Waals surface area contributed by atoms with Crippen LogP contribution in [-0.2, 0) is 38.0 Å². The molecule has 15 nitrogen and oxygen atoms in total. The van der Waals surface area contributed by atoms with Crippen LogP contribution >= 0.6 is 0 Å². The van der Waals surface area contributed by atoms with Crippen LogP contribution in [0.2, 0.25) is 0 Å². The van der Waals surface area contributed by atoms with E-state index in [1.54, 1.807) is 0 Å². The van der Waals surface area contributed by atoms with Gasteiger partial charge in [-0.3, -0.25) is 9.59 Å². The quantitative estimate of drug-likeness (QED) is 0.0173. The first-order valence-corrected chi connectivity index (χ1v) is 27.3. The monoisotopic (exact) mass is 997 g/mol. The lowest BCUT2D eigenvalue weighted by Gasteiger charge is -2.42. The van der Waals surface area contributed by atoms with E-state index < -0.39 is 92.7 Å². The molecule has 406 valence electrons. The molecular weight excluding hydrogens is 901 g/mol. The van der Waals surface area contributed by atoms with E-state index in [4.69, 9.17) is 28.4 Å². The van der Waals surface area contributed by atoms with Gasteiger partial charge in [0, 0.05) is 12.8 Å². The summed E-state index contributed by atoms with van der Waals surface area (Å²) < 4.78 is 33.6. The Bertz CT molecular complexity index is 1400. The van der Waals surface area contributed by atoms with Crippen LogP contribution in [0.25, 0.3) is 0 Å². The molecule has 2 fully saturated rings. The van der Waals surface area contributed by atoms with Crippen molar-refractivity contribution in [2.24, 2.45) is 0 Å². The number of allylic oxidation sites excluding steroid dienone is 8. The van der Waals surface area contributed by atoms with Gasteiger partial charge in [0.2, 0.25) is 0 Å². The second-order valence-electron chi connectivity index (χ2n) is 19.1. The van der Waals surface area contributed by atoms with Gasteiger partial charge in [-0.2, -0.15) is 0 Å². The van der Waals surface area contributed by atoms with Gasteiger partial charge in [0.25, 0.3) is 0 Å². The first-order valence-electron chi connectivity index (χ1n) is 27.3. The SMILES string of the molecule is CC/C=C/C=C/C=C/C=C/CCCCCCCC(=O)OC[C@H](CO[C@H]1O[C@@H](CO[C@H]2O[C@@H](CO)[C@@H](O)C(O)C2O)[C@@H](O)C(O)C1O)OC(=O)CCCCCCCCCCCCCCCCCCCCC. The molecule has 2 aliphatic heterocycles. The molecule has 0 amide bonds. The summed E-state index contributed by atoms with van der Waals surface area (Å²) in [5.41, 5.74) is 0. The van der Waals surface area contributed by atoms with Gasteiger partial charge >= 0.3 is 11.9 Å². The highest BCUT2D eigenvalue weighted by Gasteiger charge is 2.47. The first kappa shape index (κ1) is 63.6. The topological polar surface area (TPSA) is 231 Å². The Labute approximate surface area is 420 Å². The molecule has 2 rings (SSSR count). The van der Waals surface area contributed by atoms with Gasteiger partial charge in [-0.1, -0.05) is 197 Å². The third-order valence-electron chi connectivity index (χ3n) is 12.9. The van der Waals surface area contributed by atoms with E-state index in [0.29, 0.717) is 12.8 Å². The molecule has 0 aromatic rings. The average Bonchev–Trinajstić information content (AvgIpc) is 3.35. The predicted octanol–water partition coefficient (Wildman–Crippen LogP) is 8.27. The summed E-state index contributed by atoms with van der Waals surface area (Å²) in [6.07, 6.45) is 29.9. The van der Waals surface area contributed by atoms with Crippen LogP contribution in [-0.4, -0.2) is 142 Å². The minimum atomic E-state index is -1.77. The minimum absolute atomic E-state index is 0.162. The zero-order chi connectivity index (χ0) is 51.0. The number of aliphatic hydroxyl groups is 7. The van der Waals surface area contributed by atoms with Crippen molar-refractivity contribution in [1.29, 1.82) is 0 Å². The van der Waals surface area contributed by atoms with Gasteiger partial charge in [-0.25, -0.2) is 0 Å². The van der Waals surface area contributed by atoms with E-state index in [0.717, 1.165) is 57.8 Å². The van der Waals surface area contributed by atoms with Gasteiger partial charge in [0.05, 0.1) is 19.8 Å². The Hall–Kier alpha value is -2.54. The second-order valence-corrected chi connectivity index (χ2v) is 19.1. The van der Waals surface area contributed by atoms with Gasteiger partial charge in [-0.05, 0) is 32.1 Å². The molecular formula is C55H96O15. The number of unbranched alkanes of at least 4 members (excludes halogenated alkanes) is 23. The molecule has 4 unspecified atom stereocenters. The summed E-state index contributed by atoms with van der Waals surface area (Å²) in [6, 6.07) is 0. The van der Waals surface area contributed by atoms with Crippen LogP contribution in [0.5, 0.6) is 0 Å². The lowest BCUT2D eigenvalue weighted by Crippen LogP contribution is -2.61. The number of esters is 2. The molecule has 0 spiro atoms. The van der Waals surface area contributed by atoms with Crippen molar-refractivity contribution in [3.8, 4) is 0 Å². The number of hydrogen-bond donors (Lipinski definition) is 7. The van der Waals surface area contributed by atoms with Crippen molar-refractivity contribution >= 4 is 11.9 Å². The minimum Gasteiger partial charge on any atom is -0.462 e. The molecule has 2 saturated heterocycles. The number of carbonyl (C=O) groups is 2. The molecule has 0 bridgehead atoms. The summed E-state index contributed by atoms with van der Waals surface area (Å²) in [5, 5.41) is 72.2. The summed E-state index contributed by atoms with van der Waals surface area (Å²) >= 11 is 0. The van der Waals surface area contributed by atoms with Crippen LogP contribution in [0, 0.1) is 0 Å². The fourth-order valence-electron chi connectivity index (χ4n) is 8.46. The van der Waals surface area contributed by atoms with Gasteiger partial charge in [-0.15, -0.1) is 0 Å². The molecule has 0 saturated carbocycles. The molecule has 15 heteroatoms. The van der Waals surface area contributed by atoms with Gasteiger partial charge in [0.15, 0.2) is 18.7 Å². The highest BCUT2D eigenvalue weighted by molar-refractivity contribution is 5.70. The summed E-state index contributed by atoms with van der Waals surface area (Å²) in [6.45, 7) is 2.45. The van der Waals surface area contributed by atoms with Gasteiger partial charge < -0.3 is 64.2 Å². The van der Waals surface area contributed by atoms with Crippen LogP contribution in [0.1, 0.15) is 194 Å². The van der Waals surface area contributed by atoms with Crippen molar-refractivity contribution in [3.05, 3.63) is 48.6 Å². The second kappa shape index (κ2) is 41.9. The number of ether oxygens (including phenoxy) is 6. The highest BCUT2D eigenvalue weighted by atomic mass is 16.7. The Morgan fingerprint density at radius 2 is 0.900 bits per heavy atom. The molecule has 11 atom stereocenters. The average molecular weight is 997 g/mol. The van der Waals surface area contributed by atoms with Crippen molar-refractivity contribution in [2.45, 2.75) is 261 Å². The largest absolute Gasteiger partial charge is 0.462 e. The molecule has 0 aromatic heterocycles. The fourth-order valence-corrected chi connectivity index (χ4v) is 8.46. The number of rotatable bonds is 42. The molecule has 2 aliphatic rings. The molecule has 70 heavy (non-hydrogen) atoms. The van der Waals surface area contributed by atoms with Crippen molar-refractivity contribution < 1.29 is 73.8 Å². The lowest BCUT2D eigenvalue weighted by atomic mass is 9.98. The van der Waals surface area contributed by atoms with Crippen LogP contribution < -0.4 is 0 Å². The first-order chi connectivity index (χ1) is 34.0. The molecule has 7 N–H and O–H groups in total. The number of carbonyl (C=O) groups excluding carboxylic acids is 2. The highest BCUT2D eigenvalue weighted by Crippen LogP contribution is 2.27. The molecule has 0 radical (unpaired) electrons. The van der Waals surface area contributed by atoms with Gasteiger partial charge in [0.1, 0.15) is 55.4 Å². The normalized spacial score (nSPS) is 25.7.